The van der Waals surface area contributed by atoms with Gasteiger partial charge in [-0.25, -0.2) is 0 Å². The smallest absolute Gasteiger partial charge is 0.285 e. The fourth-order valence-corrected chi connectivity index (χ4v) is 2.58. The van der Waals surface area contributed by atoms with Gasteiger partial charge in [-0.2, -0.15) is 0 Å². The molecule has 0 radical (unpaired) electrons. The fraction of sp³-hybridized carbons (Fsp3) is 0.500. The van der Waals surface area contributed by atoms with Gasteiger partial charge in [0.25, 0.3) is 3.91 Å². The normalized spacial score (nSPS) is 20.2. The minimum Gasteiger partial charge on any atom is -0.358 e. The van der Waals surface area contributed by atoms with E-state index in [2.05, 4.69) is 45.0 Å². The topological polar surface area (TPSA) is 29.5 Å². The highest BCUT2D eigenvalue weighted by atomic mass is 127. The number of carbonyl (C=O) groups is 1. The molecule has 0 N–H and O–H groups in total. The van der Waals surface area contributed by atoms with Crippen molar-refractivity contribution in [1.29, 1.82) is 0 Å². The van der Waals surface area contributed by atoms with E-state index in [9.17, 15) is 4.79 Å². The Balaban J connectivity index is 2.31. The summed E-state index contributed by atoms with van der Waals surface area (Å²) in [7, 11) is 0. The fourth-order valence-electron chi connectivity index (χ4n) is 2.10. The molecule has 1 atom stereocenters. The van der Waals surface area contributed by atoms with Crippen LogP contribution in [0, 0.1) is 0 Å². The van der Waals surface area contributed by atoms with Crippen LogP contribution in [0.3, 0.4) is 0 Å². The Labute approximate surface area is 122 Å². The molecule has 0 aromatic heterocycles. The molecule has 98 valence electrons. The van der Waals surface area contributed by atoms with Crippen LogP contribution in [-0.4, -0.2) is 22.2 Å². The first kappa shape index (κ1) is 13.8. The van der Waals surface area contributed by atoms with Crippen LogP contribution in [0.4, 0.5) is 4.79 Å². The molecule has 18 heavy (non-hydrogen) atoms. The van der Waals surface area contributed by atoms with Gasteiger partial charge in [-0.15, -0.1) is 0 Å². The molecule has 1 fully saturated rings. The van der Waals surface area contributed by atoms with Crippen LogP contribution in [0.15, 0.2) is 24.3 Å². The molecule has 1 aliphatic rings. The molecule has 0 spiro atoms. The number of amides is 1. The monoisotopic (exact) mass is 359 g/mol. The summed E-state index contributed by atoms with van der Waals surface area (Å²) < 4.78 is 5.45. The van der Waals surface area contributed by atoms with E-state index < -0.39 is 0 Å². The lowest BCUT2D eigenvalue weighted by atomic mass is 9.85. The van der Waals surface area contributed by atoms with Crippen molar-refractivity contribution in [2.45, 2.75) is 32.2 Å². The molecule has 0 bridgehead atoms. The zero-order chi connectivity index (χ0) is 13.3. The number of benzene rings is 1. The van der Waals surface area contributed by atoms with E-state index in [4.69, 9.17) is 4.74 Å². The molecule has 1 unspecified atom stereocenters. The Morgan fingerprint density at radius 1 is 1.44 bits per heavy atom. The molecule has 3 nitrogen and oxygen atoms in total. The van der Waals surface area contributed by atoms with Gasteiger partial charge in [0.15, 0.2) is 0 Å². The average molecular weight is 359 g/mol. The number of nitrogens with zero attached hydrogens (tertiary/aromatic N) is 1. The lowest BCUT2D eigenvalue weighted by molar-refractivity contribution is 0.155. The SMILES string of the molecule is CC(C)(C)c1cccc(C2COCN2C(=O)I)c1. The third kappa shape index (κ3) is 2.85. The summed E-state index contributed by atoms with van der Waals surface area (Å²) in [6, 6.07) is 8.50. The Morgan fingerprint density at radius 2 is 2.17 bits per heavy atom. The van der Waals surface area contributed by atoms with Crippen LogP contribution in [0.2, 0.25) is 0 Å². The minimum absolute atomic E-state index is 0.0382. The van der Waals surface area contributed by atoms with E-state index >= 15 is 0 Å². The second kappa shape index (κ2) is 5.17. The minimum atomic E-state index is 0.0382. The highest BCUT2D eigenvalue weighted by Gasteiger charge is 2.30. The van der Waals surface area contributed by atoms with Crippen LogP contribution < -0.4 is 0 Å². The molecule has 1 aromatic carbocycles. The Kier molecular flexibility index (Phi) is 3.96. The highest BCUT2D eigenvalue weighted by molar-refractivity contribution is 14.1. The maximum Gasteiger partial charge on any atom is 0.285 e. The van der Waals surface area contributed by atoms with Gasteiger partial charge in [0.1, 0.15) is 6.73 Å². The number of ether oxygens (including phenoxy) is 1. The van der Waals surface area contributed by atoms with Crippen LogP contribution >= 0.6 is 22.6 Å². The Morgan fingerprint density at radius 3 is 2.78 bits per heavy atom. The number of hydrogen-bond donors (Lipinski definition) is 0. The van der Waals surface area contributed by atoms with Crippen molar-refractivity contribution in [3.05, 3.63) is 35.4 Å². The molecule has 1 saturated heterocycles. The molecule has 1 heterocycles. The predicted molar refractivity (Wildman–Crippen MR) is 80.0 cm³/mol. The quantitative estimate of drug-likeness (QED) is 0.433. The maximum atomic E-state index is 11.5. The first-order valence-corrected chi connectivity index (χ1v) is 7.12. The molecule has 2 rings (SSSR count). The van der Waals surface area contributed by atoms with Crippen molar-refractivity contribution in [1.82, 2.24) is 4.90 Å². The zero-order valence-electron chi connectivity index (χ0n) is 10.9. The van der Waals surface area contributed by atoms with Gasteiger partial charge >= 0.3 is 0 Å². The van der Waals surface area contributed by atoms with E-state index in [-0.39, 0.29) is 15.4 Å². The molecule has 1 aliphatic heterocycles. The van der Waals surface area contributed by atoms with Crippen molar-refractivity contribution in [2.75, 3.05) is 13.3 Å². The summed E-state index contributed by atoms with van der Waals surface area (Å²) in [6.45, 7) is 7.56. The van der Waals surface area contributed by atoms with Crippen molar-refractivity contribution in [3.8, 4) is 0 Å². The second-order valence-corrected chi connectivity index (χ2v) is 6.54. The van der Waals surface area contributed by atoms with Gasteiger partial charge in [0.05, 0.1) is 12.6 Å². The zero-order valence-corrected chi connectivity index (χ0v) is 13.1. The van der Waals surface area contributed by atoms with Gasteiger partial charge in [-0.1, -0.05) is 45.0 Å². The largest absolute Gasteiger partial charge is 0.358 e. The van der Waals surface area contributed by atoms with E-state index in [0.29, 0.717) is 13.3 Å². The number of halogens is 1. The summed E-state index contributed by atoms with van der Waals surface area (Å²) in [5.74, 6) is 0. The summed E-state index contributed by atoms with van der Waals surface area (Å²) in [6.07, 6.45) is 0. The van der Waals surface area contributed by atoms with Crippen LogP contribution in [0.5, 0.6) is 0 Å². The van der Waals surface area contributed by atoms with Crippen LogP contribution in [0.25, 0.3) is 0 Å². The Hall–Kier alpha value is -0.620. The summed E-state index contributed by atoms with van der Waals surface area (Å²) >= 11 is 1.82. The van der Waals surface area contributed by atoms with Crippen molar-refractivity contribution >= 4 is 26.5 Å². The van der Waals surface area contributed by atoms with Gasteiger partial charge < -0.3 is 9.64 Å². The van der Waals surface area contributed by atoms with Gasteiger partial charge in [-0.05, 0) is 16.5 Å². The van der Waals surface area contributed by atoms with Gasteiger partial charge in [0, 0.05) is 22.6 Å². The average Bonchev–Trinajstić information content (AvgIpc) is 2.77. The molecule has 1 amide bonds. The number of carbonyl (C=O) groups excluding carboxylic acids is 1. The summed E-state index contributed by atoms with van der Waals surface area (Å²) in [5, 5.41) is 0. The molecule has 4 heteroatoms. The molecular weight excluding hydrogens is 341 g/mol. The van der Waals surface area contributed by atoms with E-state index in [1.807, 2.05) is 22.6 Å². The first-order valence-electron chi connectivity index (χ1n) is 6.04. The van der Waals surface area contributed by atoms with E-state index in [0.717, 1.165) is 5.56 Å². The van der Waals surface area contributed by atoms with Crippen molar-refractivity contribution in [3.63, 3.8) is 0 Å². The van der Waals surface area contributed by atoms with Gasteiger partial charge in [0.2, 0.25) is 0 Å². The third-order valence-corrected chi connectivity index (χ3v) is 3.87. The third-order valence-electron chi connectivity index (χ3n) is 3.25. The second-order valence-electron chi connectivity index (χ2n) is 5.61. The van der Waals surface area contributed by atoms with Crippen LogP contribution in [0.1, 0.15) is 37.9 Å². The molecule has 0 saturated carbocycles. The molecule has 0 aliphatic carbocycles. The molecule has 1 aromatic rings. The first-order chi connectivity index (χ1) is 8.39. The van der Waals surface area contributed by atoms with Crippen molar-refractivity contribution < 1.29 is 9.53 Å². The predicted octanol–water partition coefficient (Wildman–Crippen LogP) is 3.87. The molecular formula is C14H18INO2. The van der Waals surface area contributed by atoms with Crippen molar-refractivity contribution in [2.24, 2.45) is 0 Å². The Bertz CT molecular complexity index is 453. The lowest BCUT2D eigenvalue weighted by Crippen LogP contribution is -2.26. The number of rotatable bonds is 1. The van der Waals surface area contributed by atoms with Gasteiger partial charge in [-0.3, -0.25) is 4.79 Å². The maximum absolute atomic E-state index is 11.5. The van der Waals surface area contributed by atoms with E-state index in [1.165, 1.54) is 5.56 Å². The summed E-state index contributed by atoms with van der Waals surface area (Å²) in [4.78, 5) is 13.3. The summed E-state index contributed by atoms with van der Waals surface area (Å²) in [5.41, 5.74) is 2.56. The lowest BCUT2D eigenvalue weighted by Gasteiger charge is -2.24. The van der Waals surface area contributed by atoms with Crippen LogP contribution in [-0.2, 0) is 10.2 Å². The van der Waals surface area contributed by atoms with E-state index in [1.54, 1.807) is 4.90 Å². The number of hydrogen-bond acceptors (Lipinski definition) is 2. The highest BCUT2D eigenvalue weighted by Crippen LogP contribution is 2.31. The standard InChI is InChI=1S/C14H18INO2/c1-14(2,3)11-6-4-5-10(7-11)12-8-18-9-16(12)13(15)17/h4-7,12H,8-9H2,1-3H3.